The summed E-state index contributed by atoms with van der Waals surface area (Å²) in [6, 6.07) is 0.676. The van der Waals surface area contributed by atoms with Gasteiger partial charge in [-0.15, -0.1) is 0 Å². The summed E-state index contributed by atoms with van der Waals surface area (Å²) >= 11 is 0. The lowest BCUT2D eigenvalue weighted by Crippen LogP contribution is -2.27. The summed E-state index contributed by atoms with van der Waals surface area (Å²) < 4.78 is 36.5. The number of hydrogen-bond donors (Lipinski definition) is 0. The topological polar surface area (TPSA) is 87.8 Å². The van der Waals surface area contributed by atoms with Gasteiger partial charge in [0.25, 0.3) is 5.56 Å². The molecule has 9 heteroatoms. The number of rotatable bonds is 3. The lowest BCUT2D eigenvalue weighted by molar-refractivity contribution is -0.141. The third-order valence-corrected chi connectivity index (χ3v) is 1.76. The van der Waals surface area contributed by atoms with E-state index in [2.05, 4.69) is 10.0 Å². The van der Waals surface area contributed by atoms with E-state index in [9.17, 15) is 22.8 Å². The molecule has 0 aromatic carbocycles. The van der Waals surface area contributed by atoms with E-state index in [0.29, 0.717) is 16.8 Å². The fourth-order valence-electron chi connectivity index (χ4n) is 1.12. The number of aldehydes is 1. The summed E-state index contributed by atoms with van der Waals surface area (Å²) in [5, 5.41) is 3.03. The molecule has 90 valence electrons. The van der Waals surface area contributed by atoms with Gasteiger partial charge in [0.05, 0.1) is 5.69 Å². The van der Waals surface area contributed by atoms with Crippen LogP contribution in [0.3, 0.4) is 0 Å². The van der Waals surface area contributed by atoms with Gasteiger partial charge in [0, 0.05) is 22.7 Å². The number of azide groups is 1. The predicted octanol–water partition coefficient (Wildman–Crippen LogP) is 2.16. The molecule has 0 fully saturated rings. The van der Waals surface area contributed by atoms with Gasteiger partial charge in [0.1, 0.15) is 6.54 Å². The minimum absolute atomic E-state index is 0.205. The number of carbonyl (C=O) groups is 1. The fourth-order valence-corrected chi connectivity index (χ4v) is 1.12. The van der Waals surface area contributed by atoms with Crippen molar-refractivity contribution in [2.24, 2.45) is 5.11 Å². The van der Waals surface area contributed by atoms with Crippen molar-refractivity contribution in [1.82, 2.24) is 4.57 Å². The van der Waals surface area contributed by atoms with Crippen LogP contribution in [0.2, 0.25) is 0 Å². The molecule has 1 rings (SSSR count). The Bertz CT molecular complexity index is 543. The summed E-state index contributed by atoms with van der Waals surface area (Å²) in [6.45, 7) is -1.51. The Morgan fingerprint density at radius 2 is 2.18 bits per heavy atom. The molecule has 17 heavy (non-hydrogen) atoms. The molecule has 0 atom stereocenters. The summed E-state index contributed by atoms with van der Waals surface area (Å²) in [7, 11) is 0. The third kappa shape index (κ3) is 3.35. The first-order valence-electron chi connectivity index (χ1n) is 4.19. The van der Waals surface area contributed by atoms with Crippen molar-refractivity contribution < 1.29 is 18.0 Å². The normalized spacial score (nSPS) is 10.8. The van der Waals surface area contributed by atoms with Crippen molar-refractivity contribution in [1.29, 1.82) is 0 Å². The van der Waals surface area contributed by atoms with Crippen LogP contribution in [-0.2, 0) is 6.54 Å². The number of nitrogens with zero attached hydrogens (tertiary/aromatic N) is 4. The first-order chi connectivity index (χ1) is 7.87. The minimum Gasteiger partial charge on any atom is -0.306 e. The number of halogens is 3. The molecule has 6 nitrogen and oxygen atoms in total. The van der Waals surface area contributed by atoms with Crippen molar-refractivity contribution in [2.75, 3.05) is 0 Å². The second-order valence-corrected chi connectivity index (χ2v) is 3.00. The Labute approximate surface area is 91.9 Å². The van der Waals surface area contributed by atoms with Crippen LogP contribution in [0.4, 0.5) is 18.9 Å². The Kier molecular flexibility index (Phi) is 3.54. The highest BCUT2D eigenvalue weighted by atomic mass is 19.4. The van der Waals surface area contributed by atoms with Crippen LogP contribution in [0, 0.1) is 0 Å². The molecular formula is C8H5F3N4O2. The van der Waals surface area contributed by atoms with Crippen molar-refractivity contribution in [3.05, 3.63) is 38.6 Å². The number of alkyl halides is 3. The van der Waals surface area contributed by atoms with Crippen molar-refractivity contribution >= 4 is 12.0 Å². The number of hydrogen-bond acceptors (Lipinski definition) is 3. The predicted molar refractivity (Wildman–Crippen MR) is 51.0 cm³/mol. The van der Waals surface area contributed by atoms with E-state index < -0.39 is 18.3 Å². The Morgan fingerprint density at radius 3 is 2.65 bits per heavy atom. The zero-order valence-electron chi connectivity index (χ0n) is 8.18. The van der Waals surface area contributed by atoms with Gasteiger partial charge in [-0.05, 0) is 5.53 Å². The average Bonchev–Trinajstić information content (AvgIpc) is 2.20. The Morgan fingerprint density at radius 1 is 1.53 bits per heavy atom. The molecule has 1 aromatic rings. The second-order valence-electron chi connectivity index (χ2n) is 3.00. The minimum atomic E-state index is -4.58. The molecule has 0 amide bonds. The monoisotopic (exact) mass is 246 g/mol. The molecule has 0 aliphatic rings. The van der Waals surface area contributed by atoms with Gasteiger partial charge >= 0.3 is 6.18 Å². The van der Waals surface area contributed by atoms with Gasteiger partial charge in [-0.2, -0.15) is 13.2 Å². The lowest BCUT2D eigenvalue weighted by atomic mass is 10.2. The van der Waals surface area contributed by atoms with Crippen LogP contribution in [-0.4, -0.2) is 17.0 Å². The van der Waals surface area contributed by atoms with Crippen LogP contribution in [0.15, 0.2) is 22.2 Å². The van der Waals surface area contributed by atoms with Crippen LogP contribution < -0.4 is 5.56 Å². The Hall–Kier alpha value is -2.28. The smallest absolute Gasteiger partial charge is 0.306 e. The van der Waals surface area contributed by atoms with Crippen molar-refractivity contribution in [3.63, 3.8) is 0 Å². The summed E-state index contributed by atoms with van der Waals surface area (Å²) in [4.78, 5) is 24.1. The highest BCUT2D eigenvalue weighted by molar-refractivity contribution is 5.82. The molecular weight excluding hydrogens is 241 g/mol. The van der Waals surface area contributed by atoms with Gasteiger partial charge in [-0.25, -0.2) is 0 Å². The van der Waals surface area contributed by atoms with Crippen molar-refractivity contribution in [2.45, 2.75) is 12.7 Å². The first-order valence-corrected chi connectivity index (χ1v) is 4.19. The zero-order chi connectivity index (χ0) is 13.1. The van der Waals surface area contributed by atoms with Gasteiger partial charge in [0.15, 0.2) is 6.29 Å². The second kappa shape index (κ2) is 4.71. The molecule has 0 bridgehead atoms. The molecule has 0 spiro atoms. The van der Waals surface area contributed by atoms with Gasteiger partial charge in [-0.3, -0.25) is 9.59 Å². The van der Waals surface area contributed by atoms with Crippen molar-refractivity contribution in [3.8, 4) is 0 Å². The quantitative estimate of drug-likeness (QED) is 0.354. The molecule has 0 radical (unpaired) electrons. The highest BCUT2D eigenvalue weighted by Gasteiger charge is 2.28. The number of carbonyl (C=O) groups excluding carboxylic acids is 1. The SMILES string of the molecule is [N-]=[N+]=Nc1cc(=O)n(CC(F)(F)F)cc1C=O. The van der Waals surface area contributed by atoms with Crippen LogP contribution in [0.1, 0.15) is 10.4 Å². The van der Waals surface area contributed by atoms with E-state index in [1.165, 1.54) is 0 Å². The van der Waals surface area contributed by atoms with Gasteiger partial charge in [-0.1, -0.05) is 5.11 Å². The molecule has 1 heterocycles. The summed E-state index contributed by atoms with van der Waals surface area (Å²) in [6.07, 6.45) is -3.67. The maximum absolute atomic E-state index is 12.1. The van der Waals surface area contributed by atoms with E-state index in [0.717, 1.165) is 0 Å². The number of aromatic nitrogens is 1. The van der Waals surface area contributed by atoms with Crippen LogP contribution in [0.25, 0.3) is 10.4 Å². The summed E-state index contributed by atoms with van der Waals surface area (Å²) in [5.74, 6) is 0. The van der Waals surface area contributed by atoms with E-state index in [1.807, 2.05) is 0 Å². The maximum atomic E-state index is 12.1. The molecule has 0 aliphatic carbocycles. The van der Waals surface area contributed by atoms with Gasteiger partial charge in [0.2, 0.25) is 0 Å². The lowest BCUT2D eigenvalue weighted by Gasteiger charge is -2.10. The van der Waals surface area contributed by atoms with Gasteiger partial charge < -0.3 is 4.57 Å². The van der Waals surface area contributed by atoms with E-state index in [4.69, 9.17) is 5.53 Å². The molecule has 1 aromatic heterocycles. The average molecular weight is 246 g/mol. The molecule has 0 saturated carbocycles. The van der Waals surface area contributed by atoms with E-state index in [-0.39, 0.29) is 17.5 Å². The number of pyridine rings is 1. The van der Waals surface area contributed by atoms with Crippen LogP contribution >= 0.6 is 0 Å². The largest absolute Gasteiger partial charge is 0.406 e. The first kappa shape index (κ1) is 12.8. The fraction of sp³-hybridized carbons (Fsp3) is 0.250. The molecule has 0 aliphatic heterocycles. The van der Waals surface area contributed by atoms with E-state index in [1.54, 1.807) is 0 Å². The maximum Gasteiger partial charge on any atom is 0.406 e. The highest BCUT2D eigenvalue weighted by Crippen LogP contribution is 2.19. The summed E-state index contributed by atoms with van der Waals surface area (Å²) in [5.41, 5.74) is 6.55. The van der Waals surface area contributed by atoms with E-state index >= 15 is 0 Å². The third-order valence-electron chi connectivity index (χ3n) is 1.76. The zero-order valence-corrected chi connectivity index (χ0v) is 8.18. The van der Waals surface area contributed by atoms with Crippen LogP contribution in [0.5, 0.6) is 0 Å². The Balaban J connectivity index is 3.32. The molecule has 0 unspecified atom stereocenters. The molecule has 0 N–H and O–H groups in total. The molecule has 0 saturated heterocycles. The standard InChI is InChI=1S/C8H5F3N4O2/c9-8(10,11)4-15-2-5(3-16)6(13-14-12)1-7(15)17/h1-3H,4H2.